The van der Waals surface area contributed by atoms with Gasteiger partial charge in [-0.05, 0) is 66.8 Å². The highest BCUT2D eigenvalue weighted by molar-refractivity contribution is 7.91. The Bertz CT molecular complexity index is 857. The summed E-state index contributed by atoms with van der Waals surface area (Å²) in [5.41, 5.74) is 2.84. The van der Waals surface area contributed by atoms with Gasteiger partial charge >= 0.3 is 0 Å². The van der Waals surface area contributed by atoms with Crippen molar-refractivity contribution in [3.8, 4) is 5.75 Å². The summed E-state index contributed by atoms with van der Waals surface area (Å²) in [7, 11) is -3.48. The molecule has 0 aromatic heterocycles. The highest BCUT2D eigenvalue weighted by Gasteiger charge is 2.19. The number of hydrogen-bond donors (Lipinski definition) is 2. The Balaban J connectivity index is 1.62. The molecule has 5 nitrogen and oxygen atoms in total. The first-order chi connectivity index (χ1) is 11.4. The van der Waals surface area contributed by atoms with Gasteiger partial charge in [0.2, 0.25) is 5.91 Å². The molecule has 1 aliphatic rings. The van der Waals surface area contributed by atoms with E-state index in [0.29, 0.717) is 10.6 Å². The number of rotatable bonds is 5. The molecule has 2 aromatic carbocycles. The van der Waals surface area contributed by atoms with E-state index in [0.717, 1.165) is 24.8 Å². The van der Waals surface area contributed by atoms with Crippen molar-refractivity contribution in [2.24, 2.45) is 0 Å². The van der Waals surface area contributed by atoms with E-state index in [9.17, 15) is 18.3 Å². The molecule has 24 heavy (non-hydrogen) atoms. The number of phenols is 1. The lowest BCUT2D eigenvalue weighted by atomic mass is 10.1. The normalized spacial score (nSPS) is 13.5. The summed E-state index contributed by atoms with van der Waals surface area (Å²) in [6.07, 6.45) is 2.87. The molecular weight excluding hydrogens is 326 g/mol. The molecule has 1 aliphatic carbocycles. The van der Waals surface area contributed by atoms with Gasteiger partial charge in [0.05, 0.1) is 10.6 Å². The standard InChI is InChI=1S/C18H19NO4S/c20-16-7-5-15(6-8-16)19-18(21)10-11-24(22,23)17-9-4-13-2-1-3-14(13)12-17/h4-9,12,20H,1-3,10-11H2,(H,19,21). The van der Waals surface area contributed by atoms with Crippen LogP contribution in [0, 0.1) is 0 Å². The molecule has 0 heterocycles. The van der Waals surface area contributed by atoms with Crippen molar-refractivity contribution >= 4 is 21.4 Å². The minimum atomic E-state index is -3.48. The van der Waals surface area contributed by atoms with Crippen molar-refractivity contribution < 1.29 is 18.3 Å². The summed E-state index contributed by atoms with van der Waals surface area (Å²) in [5, 5.41) is 11.8. The third kappa shape index (κ3) is 3.76. The van der Waals surface area contributed by atoms with E-state index in [4.69, 9.17) is 0 Å². The number of benzene rings is 2. The third-order valence-electron chi connectivity index (χ3n) is 4.18. The quantitative estimate of drug-likeness (QED) is 0.816. The molecule has 0 atom stereocenters. The summed E-state index contributed by atoms with van der Waals surface area (Å²) >= 11 is 0. The minimum Gasteiger partial charge on any atom is -0.508 e. The van der Waals surface area contributed by atoms with Gasteiger partial charge in [0, 0.05) is 12.1 Å². The van der Waals surface area contributed by atoms with Crippen LogP contribution in [0.4, 0.5) is 5.69 Å². The van der Waals surface area contributed by atoms with Gasteiger partial charge < -0.3 is 10.4 Å². The monoisotopic (exact) mass is 345 g/mol. The number of hydrogen-bond acceptors (Lipinski definition) is 4. The van der Waals surface area contributed by atoms with Crippen LogP contribution in [-0.4, -0.2) is 25.2 Å². The van der Waals surface area contributed by atoms with E-state index in [1.807, 2.05) is 6.07 Å². The molecule has 0 radical (unpaired) electrons. The molecule has 0 unspecified atom stereocenters. The first-order valence-corrected chi connectivity index (χ1v) is 9.53. The van der Waals surface area contributed by atoms with Crippen LogP contribution in [0.2, 0.25) is 0 Å². The average molecular weight is 345 g/mol. The minimum absolute atomic E-state index is 0.104. The van der Waals surface area contributed by atoms with Crippen molar-refractivity contribution in [2.75, 3.05) is 11.1 Å². The number of carbonyl (C=O) groups is 1. The van der Waals surface area contributed by atoms with Gasteiger partial charge in [-0.25, -0.2) is 8.42 Å². The Morgan fingerprint density at radius 3 is 2.50 bits per heavy atom. The van der Waals surface area contributed by atoms with Crippen molar-refractivity contribution in [2.45, 2.75) is 30.6 Å². The number of anilines is 1. The van der Waals surface area contributed by atoms with Crippen LogP contribution in [0.3, 0.4) is 0 Å². The van der Waals surface area contributed by atoms with Gasteiger partial charge in [0.15, 0.2) is 9.84 Å². The van der Waals surface area contributed by atoms with Crippen molar-refractivity contribution in [1.29, 1.82) is 0 Å². The highest BCUT2D eigenvalue weighted by Crippen LogP contribution is 2.25. The van der Waals surface area contributed by atoms with Crippen LogP contribution in [0.1, 0.15) is 24.0 Å². The summed E-state index contributed by atoms with van der Waals surface area (Å²) < 4.78 is 24.8. The maximum absolute atomic E-state index is 12.4. The van der Waals surface area contributed by atoms with E-state index in [1.165, 1.54) is 17.7 Å². The summed E-state index contributed by atoms with van der Waals surface area (Å²) in [5.74, 6) is -0.493. The van der Waals surface area contributed by atoms with E-state index >= 15 is 0 Å². The molecule has 0 bridgehead atoms. The number of nitrogens with one attached hydrogen (secondary N) is 1. The second kappa shape index (κ2) is 6.65. The fraction of sp³-hybridized carbons (Fsp3) is 0.278. The van der Waals surface area contributed by atoms with E-state index in [1.54, 1.807) is 24.3 Å². The number of aromatic hydroxyl groups is 1. The zero-order chi connectivity index (χ0) is 17.2. The van der Waals surface area contributed by atoms with Crippen LogP contribution in [0.5, 0.6) is 5.75 Å². The Kier molecular flexibility index (Phi) is 4.57. The number of sulfone groups is 1. The van der Waals surface area contributed by atoms with E-state index < -0.39 is 9.84 Å². The summed E-state index contributed by atoms with van der Waals surface area (Å²) in [6, 6.07) is 11.3. The maximum atomic E-state index is 12.4. The second-order valence-electron chi connectivity index (χ2n) is 5.95. The molecule has 6 heteroatoms. The van der Waals surface area contributed by atoms with Crippen LogP contribution < -0.4 is 5.32 Å². The molecule has 2 aromatic rings. The number of aryl methyl sites for hydroxylation is 2. The summed E-state index contributed by atoms with van der Waals surface area (Å²) in [6.45, 7) is 0. The average Bonchev–Trinajstić information content (AvgIpc) is 3.03. The molecule has 3 rings (SSSR count). The molecular formula is C18H19NO4S. The molecule has 2 N–H and O–H groups in total. The van der Waals surface area contributed by atoms with Gasteiger partial charge in [-0.15, -0.1) is 0 Å². The van der Waals surface area contributed by atoms with Gasteiger partial charge in [-0.3, -0.25) is 4.79 Å². The Morgan fingerprint density at radius 1 is 1.04 bits per heavy atom. The zero-order valence-corrected chi connectivity index (χ0v) is 14.0. The largest absolute Gasteiger partial charge is 0.508 e. The SMILES string of the molecule is O=C(CCS(=O)(=O)c1ccc2c(c1)CCC2)Nc1ccc(O)cc1. The number of amides is 1. The lowest BCUT2D eigenvalue weighted by molar-refractivity contribution is -0.115. The van der Waals surface area contributed by atoms with Crippen molar-refractivity contribution in [1.82, 2.24) is 0 Å². The fourth-order valence-corrected chi connectivity index (χ4v) is 4.14. The number of phenolic OH excluding ortho intramolecular Hbond substituents is 1. The fourth-order valence-electron chi connectivity index (χ4n) is 2.85. The van der Waals surface area contributed by atoms with Gasteiger partial charge in [-0.2, -0.15) is 0 Å². The number of fused-ring (bicyclic) bond motifs is 1. The second-order valence-corrected chi connectivity index (χ2v) is 8.06. The maximum Gasteiger partial charge on any atom is 0.225 e. The smallest absolute Gasteiger partial charge is 0.225 e. The van der Waals surface area contributed by atoms with Crippen LogP contribution in [0.15, 0.2) is 47.4 Å². The van der Waals surface area contributed by atoms with Crippen molar-refractivity contribution in [3.63, 3.8) is 0 Å². The lowest BCUT2D eigenvalue weighted by Crippen LogP contribution is -2.17. The molecule has 1 amide bonds. The molecule has 0 fully saturated rings. The Morgan fingerprint density at radius 2 is 1.75 bits per heavy atom. The first-order valence-electron chi connectivity index (χ1n) is 7.87. The summed E-state index contributed by atoms with van der Waals surface area (Å²) in [4.78, 5) is 12.2. The molecule has 126 valence electrons. The van der Waals surface area contributed by atoms with Crippen LogP contribution in [0.25, 0.3) is 0 Å². The molecule has 0 saturated carbocycles. The molecule has 0 spiro atoms. The zero-order valence-electron chi connectivity index (χ0n) is 13.2. The van der Waals surface area contributed by atoms with Crippen molar-refractivity contribution in [3.05, 3.63) is 53.6 Å². The number of carbonyl (C=O) groups excluding carboxylic acids is 1. The third-order valence-corrected chi connectivity index (χ3v) is 5.89. The predicted octanol–water partition coefficient (Wildman–Crippen LogP) is 2.68. The lowest BCUT2D eigenvalue weighted by Gasteiger charge is -2.08. The van der Waals surface area contributed by atoms with E-state index in [-0.39, 0.29) is 23.8 Å². The van der Waals surface area contributed by atoms with Crippen LogP contribution in [-0.2, 0) is 27.5 Å². The van der Waals surface area contributed by atoms with E-state index in [2.05, 4.69) is 5.32 Å². The Labute approximate surface area is 141 Å². The highest BCUT2D eigenvalue weighted by atomic mass is 32.2. The molecule has 0 aliphatic heterocycles. The van der Waals surface area contributed by atoms with Gasteiger partial charge in [-0.1, -0.05) is 6.07 Å². The van der Waals surface area contributed by atoms with Gasteiger partial charge in [0.25, 0.3) is 0 Å². The van der Waals surface area contributed by atoms with Crippen LogP contribution >= 0.6 is 0 Å². The first kappa shape index (κ1) is 16.5. The van der Waals surface area contributed by atoms with Gasteiger partial charge in [0.1, 0.15) is 5.75 Å². The molecule has 0 saturated heterocycles. The Hall–Kier alpha value is -2.34. The predicted molar refractivity (Wildman–Crippen MR) is 91.9 cm³/mol. The topological polar surface area (TPSA) is 83.5 Å².